The molecule has 0 spiro atoms. The molecule has 2 aromatic carbocycles. The first kappa shape index (κ1) is 14.3. The first-order valence-corrected chi connectivity index (χ1v) is 7.49. The Balaban J connectivity index is 1.99. The maximum Gasteiger partial charge on any atom is 0.237 e. The molecule has 1 aliphatic rings. The van der Waals surface area contributed by atoms with Crippen molar-refractivity contribution in [2.45, 2.75) is 31.7 Å². The Bertz CT molecular complexity index is 733. The number of anilines is 1. The lowest BCUT2D eigenvalue weighted by molar-refractivity contribution is -0.123. The molecule has 0 radical (unpaired) electrons. The van der Waals surface area contributed by atoms with Crippen molar-refractivity contribution < 1.29 is 4.79 Å². The van der Waals surface area contributed by atoms with E-state index in [1.165, 1.54) is 0 Å². The molecule has 110 valence electrons. The number of nitriles is 1. The summed E-state index contributed by atoms with van der Waals surface area (Å²) in [6.45, 7) is 2.52. The number of carbonyl (C=O) groups is 1. The highest BCUT2D eigenvalue weighted by Crippen LogP contribution is 2.44. The van der Waals surface area contributed by atoms with Gasteiger partial charge in [-0.1, -0.05) is 48.5 Å². The number of amides is 1. The van der Waals surface area contributed by atoms with Gasteiger partial charge < -0.3 is 4.90 Å². The van der Waals surface area contributed by atoms with Crippen molar-refractivity contribution in [3.05, 3.63) is 65.7 Å². The van der Waals surface area contributed by atoms with E-state index in [0.29, 0.717) is 19.4 Å². The molecule has 0 saturated heterocycles. The van der Waals surface area contributed by atoms with Crippen LogP contribution >= 0.6 is 0 Å². The van der Waals surface area contributed by atoms with Gasteiger partial charge in [0.05, 0.1) is 18.0 Å². The molecule has 3 nitrogen and oxygen atoms in total. The van der Waals surface area contributed by atoms with Crippen LogP contribution in [0.25, 0.3) is 0 Å². The van der Waals surface area contributed by atoms with Crippen LogP contribution in [-0.4, -0.2) is 5.91 Å². The average Bonchev–Trinajstić information content (AvgIpc) is 2.77. The molecule has 3 heteroatoms. The van der Waals surface area contributed by atoms with Gasteiger partial charge >= 0.3 is 0 Å². The Labute approximate surface area is 130 Å². The van der Waals surface area contributed by atoms with Crippen LogP contribution in [0.3, 0.4) is 0 Å². The molecule has 0 saturated carbocycles. The number of hydrogen-bond acceptors (Lipinski definition) is 2. The highest BCUT2D eigenvalue weighted by molar-refractivity contribution is 6.07. The Morgan fingerprint density at radius 2 is 1.77 bits per heavy atom. The number of nitrogens with zero attached hydrogens (tertiary/aromatic N) is 2. The van der Waals surface area contributed by atoms with Crippen molar-refractivity contribution in [3.8, 4) is 6.07 Å². The smallest absolute Gasteiger partial charge is 0.237 e. The summed E-state index contributed by atoms with van der Waals surface area (Å²) in [5.41, 5.74) is 2.51. The van der Waals surface area contributed by atoms with E-state index >= 15 is 0 Å². The van der Waals surface area contributed by atoms with E-state index in [1.54, 1.807) is 0 Å². The second-order valence-corrected chi connectivity index (χ2v) is 5.88. The fourth-order valence-electron chi connectivity index (χ4n) is 3.17. The normalized spacial score (nSPS) is 19.8. The summed E-state index contributed by atoms with van der Waals surface area (Å²) in [6, 6.07) is 20.1. The SMILES string of the molecule is CC1(CCC#N)C(=O)N(Cc2ccccc2)c2ccccc21. The Morgan fingerprint density at radius 1 is 1.09 bits per heavy atom. The number of benzene rings is 2. The molecule has 1 aliphatic heterocycles. The maximum absolute atomic E-state index is 13.0. The van der Waals surface area contributed by atoms with E-state index in [2.05, 4.69) is 6.07 Å². The molecule has 3 rings (SSSR count). The zero-order valence-corrected chi connectivity index (χ0v) is 12.6. The second-order valence-electron chi connectivity index (χ2n) is 5.88. The Hall–Kier alpha value is -2.60. The number of carbonyl (C=O) groups excluding carboxylic acids is 1. The maximum atomic E-state index is 13.0. The number of para-hydroxylation sites is 1. The molecule has 2 aromatic rings. The summed E-state index contributed by atoms with van der Waals surface area (Å²) in [5, 5.41) is 8.90. The van der Waals surface area contributed by atoms with Gasteiger partial charge in [-0.05, 0) is 30.5 Å². The lowest BCUT2D eigenvalue weighted by atomic mass is 9.80. The summed E-state index contributed by atoms with van der Waals surface area (Å²) in [5.74, 6) is 0.0906. The van der Waals surface area contributed by atoms with Crippen molar-refractivity contribution >= 4 is 11.6 Å². The standard InChI is InChI=1S/C19H18N2O/c1-19(12-7-13-20)16-10-5-6-11-17(16)21(18(19)22)14-15-8-3-2-4-9-15/h2-6,8-11H,7,12,14H2,1H3. The lowest BCUT2D eigenvalue weighted by Crippen LogP contribution is -2.37. The van der Waals surface area contributed by atoms with Crippen LogP contribution in [0.1, 0.15) is 30.9 Å². The molecule has 0 bridgehead atoms. The van der Waals surface area contributed by atoms with Gasteiger partial charge in [0.25, 0.3) is 0 Å². The van der Waals surface area contributed by atoms with Crippen molar-refractivity contribution in [1.29, 1.82) is 5.26 Å². The predicted molar refractivity (Wildman–Crippen MR) is 86.3 cm³/mol. The Morgan fingerprint density at radius 3 is 2.50 bits per heavy atom. The summed E-state index contributed by atoms with van der Waals surface area (Å²) in [7, 11) is 0. The van der Waals surface area contributed by atoms with E-state index in [0.717, 1.165) is 16.8 Å². The van der Waals surface area contributed by atoms with Crippen LogP contribution in [0.5, 0.6) is 0 Å². The molecular weight excluding hydrogens is 272 g/mol. The summed E-state index contributed by atoms with van der Waals surface area (Å²) in [6.07, 6.45) is 0.945. The van der Waals surface area contributed by atoms with Crippen LogP contribution < -0.4 is 4.90 Å². The third kappa shape index (κ3) is 2.27. The van der Waals surface area contributed by atoms with Gasteiger partial charge in [-0.2, -0.15) is 5.26 Å². The zero-order valence-electron chi connectivity index (χ0n) is 12.6. The molecule has 0 aromatic heterocycles. The minimum atomic E-state index is -0.596. The van der Waals surface area contributed by atoms with Crippen LogP contribution in [0.15, 0.2) is 54.6 Å². The van der Waals surface area contributed by atoms with Gasteiger partial charge in [-0.3, -0.25) is 4.79 Å². The predicted octanol–water partition coefficient (Wildman–Crippen LogP) is 3.79. The quantitative estimate of drug-likeness (QED) is 0.859. The van der Waals surface area contributed by atoms with E-state index in [4.69, 9.17) is 5.26 Å². The number of fused-ring (bicyclic) bond motifs is 1. The number of rotatable bonds is 4. The van der Waals surface area contributed by atoms with Gasteiger partial charge in [-0.25, -0.2) is 0 Å². The van der Waals surface area contributed by atoms with E-state index in [1.807, 2.05) is 66.4 Å². The fourth-order valence-corrected chi connectivity index (χ4v) is 3.17. The minimum Gasteiger partial charge on any atom is -0.307 e. The Kier molecular flexibility index (Phi) is 3.68. The van der Waals surface area contributed by atoms with Crippen molar-refractivity contribution in [1.82, 2.24) is 0 Å². The second kappa shape index (κ2) is 5.65. The summed E-state index contributed by atoms with van der Waals surface area (Å²) >= 11 is 0. The summed E-state index contributed by atoms with van der Waals surface area (Å²) < 4.78 is 0. The fraction of sp³-hybridized carbons (Fsp3) is 0.263. The first-order chi connectivity index (χ1) is 10.7. The van der Waals surface area contributed by atoms with E-state index < -0.39 is 5.41 Å². The summed E-state index contributed by atoms with van der Waals surface area (Å²) in [4.78, 5) is 14.9. The van der Waals surface area contributed by atoms with E-state index in [9.17, 15) is 4.79 Å². The minimum absolute atomic E-state index is 0.0906. The molecule has 0 N–H and O–H groups in total. The third-order valence-corrected chi connectivity index (χ3v) is 4.43. The molecule has 1 unspecified atom stereocenters. The number of hydrogen-bond donors (Lipinski definition) is 0. The molecule has 0 fully saturated rings. The topological polar surface area (TPSA) is 44.1 Å². The van der Waals surface area contributed by atoms with Crippen LogP contribution in [-0.2, 0) is 16.8 Å². The molecule has 0 aliphatic carbocycles. The van der Waals surface area contributed by atoms with Crippen molar-refractivity contribution in [2.75, 3.05) is 4.90 Å². The van der Waals surface area contributed by atoms with Gasteiger partial charge in [0, 0.05) is 12.1 Å². The molecule has 1 amide bonds. The van der Waals surface area contributed by atoms with Gasteiger partial charge in [0.2, 0.25) is 5.91 Å². The van der Waals surface area contributed by atoms with Crippen molar-refractivity contribution in [3.63, 3.8) is 0 Å². The third-order valence-electron chi connectivity index (χ3n) is 4.43. The van der Waals surface area contributed by atoms with Gasteiger partial charge in [0.15, 0.2) is 0 Å². The molecule has 1 heterocycles. The van der Waals surface area contributed by atoms with Crippen LogP contribution in [0.4, 0.5) is 5.69 Å². The monoisotopic (exact) mass is 290 g/mol. The molecular formula is C19H18N2O. The van der Waals surface area contributed by atoms with Gasteiger partial charge in [-0.15, -0.1) is 0 Å². The highest BCUT2D eigenvalue weighted by atomic mass is 16.2. The highest BCUT2D eigenvalue weighted by Gasteiger charge is 2.46. The van der Waals surface area contributed by atoms with Gasteiger partial charge in [0.1, 0.15) is 0 Å². The van der Waals surface area contributed by atoms with Crippen LogP contribution in [0.2, 0.25) is 0 Å². The molecule has 22 heavy (non-hydrogen) atoms. The average molecular weight is 290 g/mol. The van der Waals surface area contributed by atoms with Crippen LogP contribution in [0, 0.1) is 11.3 Å². The molecule has 1 atom stereocenters. The van der Waals surface area contributed by atoms with E-state index in [-0.39, 0.29) is 5.91 Å². The largest absolute Gasteiger partial charge is 0.307 e. The first-order valence-electron chi connectivity index (χ1n) is 7.49. The lowest BCUT2D eigenvalue weighted by Gasteiger charge is -2.23. The zero-order chi connectivity index (χ0) is 15.6. The van der Waals surface area contributed by atoms with Crippen molar-refractivity contribution in [2.24, 2.45) is 0 Å².